The van der Waals surface area contributed by atoms with Gasteiger partial charge in [-0.25, -0.2) is 9.18 Å². The van der Waals surface area contributed by atoms with Crippen LogP contribution in [0.4, 0.5) is 4.39 Å². The number of benzene rings is 1. The van der Waals surface area contributed by atoms with Gasteiger partial charge in [0.1, 0.15) is 11.4 Å². The molecule has 1 atom stereocenters. The van der Waals surface area contributed by atoms with Crippen LogP contribution >= 0.6 is 0 Å². The first kappa shape index (κ1) is 16.1. The van der Waals surface area contributed by atoms with Gasteiger partial charge in [0, 0.05) is 0 Å². The van der Waals surface area contributed by atoms with Crippen molar-refractivity contribution in [1.29, 1.82) is 0 Å². The van der Waals surface area contributed by atoms with Crippen LogP contribution in [0, 0.1) is 5.82 Å². The van der Waals surface area contributed by atoms with E-state index < -0.39 is 35.3 Å². The molecule has 0 amide bonds. The van der Waals surface area contributed by atoms with Gasteiger partial charge >= 0.3 is 11.9 Å². The molecule has 0 unspecified atom stereocenters. The Balaban J connectivity index is 3.18. The fraction of sp³-hybridized carbons (Fsp3) is 0.429. The van der Waals surface area contributed by atoms with E-state index in [1.54, 1.807) is 20.8 Å². The summed E-state index contributed by atoms with van der Waals surface area (Å²) in [6.07, 6.45) is -0.645. The minimum Gasteiger partial charge on any atom is -0.481 e. The first-order chi connectivity index (χ1) is 9.04. The number of carboxylic acids is 1. The Morgan fingerprint density at radius 3 is 2.15 bits per heavy atom. The quantitative estimate of drug-likeness (QED) is 0.822. The van der Waals surface area contributed by atoms with Gasteiger partial charge < -0.3 is 15.6 Å². The van der Waals surface area contributed by atoms with Crippen LogP contribution in [0.5, 0.6) is 0 Å². The Bertz CT molecular complexity index is 507. The molecule has 6 heteroatoms. The Hall–Kier alpha value is -1.95. The van der Waals surface area contributed by atoms with Crippen molar-refractivity contribution in [1.82, 2.24) is 0 Å². The van der Waals surface area contributed by atoms with Gasteiger partial charge in [-0.1, -0.05) is 12.1 Å². The molecule has 0 saturated heterocycles. The average molecular weight is 283 g/mol. The predicted octanol–water partition coefficient (Wildman–Crippen LogP) is 1.80. The SMILES string of the molecule is CC(C)(C)OC(=O)[C@@](N)(CC(=O)O)c1ccc(F)cc1. The van der Waals surface area contributed by atoms with E-state index in [1.165, 1.54) is 12.1 Å². The van der Waals surface area contributed by atoms with Gasteiger partial charge in [-0.15, -0.1) is 0 Å². The molecule has 0 fully saturated rings. The number of hydrogen-bond acceptors (Lipinski definition) is 4. The lowest BCUT2D eigenvalue weighted by molar-refractivity contribution is -0.165. The molecule has 20 heavy (non-hydrogen) atoms. The molecular formula is C14H18FNO4. The predicted molar refractivity (Wildman–Crippen MR) is 70.4 cm³/mol. The second-order valence-corrected chi connectivity index (χ2v) is 5.55. The summed E-state index contributed by atoms with van der Waals surface area (Å²) in [7, 11) is 0. The maximum atomic E-state index is 12.9. The number of carbonyl (C=O) groups excluding carboxylic acids is 1. The summed E-state index contributed by atoms with van der Waals surface area (Å²) in [5.41, 5.74) is 3.47. The molecule has 110 valence electrons. The van der Waals surface area contributed by atoms with E-state index in [2.05, 4.69) is 0 Å². The fourth-order valence-corrected chi connectivity index (χ4v) is 1.65. The molecular weight excluding hydrogens is 265 g/mol. The lowest BCUT2D eigenvalue weighted by Crippen LogP contribution is -2.49. The van der Waals surface area contributed by atoms with Crippen LogP contribution < -0.4 is 5.73 Å². The molecule has 0 radical (unpaired) electrons. The first-order valence-corrected chi connectivity index (χ1v) is 6.05. The summed E-state index contributed by atoms with van der Waals surface area (Å²) >= 11 is 0. The van der Waals surface area contributed by atoms with E-state index in [0.717, 1.165) is 12.1 Å². The van der Waals surface area contributed by atoms with E-state index >= 15 is 0 Å². The number of carbonyl (C=O) groups is 2. The number of nitrogens with two attached hydrogens (primary N) is 1. The van der Waals surface area contributed by atoms with E-state index in [-0.39, 0.29) is 5.56 Å². The highest BCUT2D eigenvalue weighted by Crippen LogP contribution is 2.26. The molecule has 0 aliphatic heterocycles. The molecule has 1 rings (SSSR count). The lowest BCUT2D eigenvalue weighted by Gasteiger charge is -2.30. The largest absolute Gasteiger partial charge is 0.481 e. The third-order valence-electron chi connectivity index (χ3n) is 2.55. The van der Waals surface area contributed by atoms with Gasteiger partial charge in [-0.3, -0.25) is 4.79 Å². The van der Waals surface area contributed by atoms with Crippen LogP contribution in [0.25, 0.3) is 0 Å². The Morgan fingerprint density at radius 1 is 1.25 bits per heavy atom. The van der Waals surface area contributed by atoms with Crippen molar-refractivity contribution >= 4 is 11.9 Å². The summed E-state index contributed by atoms with van der Waals surface area (Å²) < 4.78 is 18.1. The van der Waals surface area contributed by atoms with Crippen LogP contribution in [0.2, 0.25) is 0 Å². The highest BCUT2D eigenvalue weighted by Gasteiger charge is 2.41. The van der Waals surface area contributed by atoms with Crippen LogP contribution in [-0.4, -0.2) is 22.6 Å². The van der Waals surface area contributed by atoms with Crippen LogP contribution in [0.3, 0.4) is 0 Å². The van der Waals surface area contributed by atoms with Crippen LogP contribution in [-0.2, 0) is 19.9 Å². The van der Waals surface area contributed by atoms with E-state index in [1.807, 2.05) is 0 Å². The van der Waals surface area contributed by atoms with Crippen molar-refractivity contribution in [2.24, 2.45) is 5.73 Å². The maximum Gasteiger partial charge on any atom is 0.331 e. The first-order valence-electron chi connectivity index (χ1n) is 6.05. The van der Waals surface area contributed by atoms with Gasteiger partial charge in [-0.2, -0.15) is 0 Å². The van der Waals surface area contributed by atoms with Crippen molar-refractivity contribution in [2.45, 2.75) is 38.3 Å². The highest BCUT2D eigenvalue weighted by atomic mass is 19.1. The second kappa shape index (κ2) is 5.58. The molecule has 0 spiro atoms. The van der Waals surface area contributed by atoms with Gasteiger partial charge in [0.05, 0.1) is 6.42 Å². The zero-order chi connectivity index (χ0) is 15.6. The number of ether oxygens (including phenoxy) is 1. The van der Waals surface area contributed by atoms with Crippen molar-refractivity contribution in [2.75, 3.05) is 0 Å². The highest BCUT2D eigenvalue weighted by molar-refractivity contribution is 5.87. The minimum atomic E-state index is -1.85. The number of hydrogen-bond donors (Lipinski definition) is 2. The minimum absolute atomic E-state index is 0.190. The molecule has 1 aromatic carbocycles. The second-order valence-electron chi connectivity index (χ2n) is 5.55. The van der Waals surface area contributed by atoms with E-state index in [9.17, 15) is 14.0 Å². The van der Waals surface area contributed by atoms with Crippen molar-refractivity contribution in [3.8, 4) is 0 Å². The molecule has 3 N–H and O–H groups in total. The standard InChI is InChI=1S/C14H18FNO4/c1-13(2,3)20-12(19)14(16,8-11(17)18)9-4-6-10(15)7-5-9/h4-7H,8,16H2,1-3H3,(H,17,18)/t14-/m1/s1. The average Bonchev–Trinajstić information content (AvgIpc) is 2.26. The molecule has 0 aliphatic carbocycles. The normalized spacial score (nSPS) is 14.4. The van der Waals surface area contributed by atoms with Crippen molar-refractivity contribution in [3.05, 3.63) is 35.6 Å². The Morgan fingerprint density at radius 2 is 1.75 bits per heavy atom. The summed E-state index contributed by atoms with van der Waals surface area (Å²) in [6, 6.07) is 4.79. The van der Waals surface area contributed by atoms with Crippen molar-refractivity contribution < 1.29 is 23.8 Å². The topological polar surface area (TPSA) is 89.6 Å². The number of aliphatic carboxylic acids is 1. The maximum absolute atomic E-state index is 12.9. The molecule has 0 heterocycles. The molecule has 0 saturated carbocycles. The molecule has 1 aromatic rings. The van der Waals surface area contributed by atoms with Crippen LogP contribution in [0.1, 0.15) is 32.8 Å². The van der Waals surface area contributed by atoms with E-state index in [0.29, 0.717) is 0 Å². The monoisotopic (exact) mass is 283 g/mol. The summed E-state index contributed by atoms with van der Waals surface area (Å²) in [5, 5.41) is 8.95. The summed E-state index contributed by atoms with van der Waals surface area (Å²) in [4.78, 5) is 23.2. The van der Waals surface area contributed by atoms with Crippen LogP contribution in [0.15, 0.2) is 24.3 Å². The zero-order valence-electron chi connectivity index (χ0n) is 11.6. The molecule has 5 nitrogen and oxygen atoms in total. The molecule has 0 aromatic heterocycles. The fourth-order valence-electron chi connectivity index (χ4n) is 1.65. The van der Waals surface area contributed by atoms with Crippen molar-refractivity contribution in [3.63, 3.8) is 0 Å². The Labute approximate surface area is 116 Å². The van der Waals surface area contributed by atoms with Gasteiger partial charge in [-0.05, 0) is 38.5 Å². The molecule has 0 aliphatic rings. The summed E-state index contributed by atoms with van der Waals surface area (Å²) in [6.45, 7) is 4.95. The number of halogens is 1. The van der Waals surface area contributed by atoms with Gasteiger partial charge in [0.15, 0.2) is 5.54 Å². The third kappa shape index (κ3) is 4.03. The third-order valence-corrected chi connectivity index (χ3v) is 2.55. The lowest BCUT2D eigenvalue weighted by atomic mass is 9.87. The zero-order valence-corrected chi connectivity index (χ0v) is 11.6. The van der Waals surface area contributed by atoms with E-state index in [4.69, 9.17) is 15.6 Å². The Kier molecular flexibility index (Phi) is 4.50. The van der Waals surface area contributed by atoms with Gasteiger partial charge in [0.2, 0.25) is 0 Å². The van der Waals surface area contributed by atoms with Gasteiger partial charge in [0.25, 0.3) is 0 Å². The molecule has 0 bridgehead atoms. The number of rotatable bonds is 4. The number of carboxylic acid groups (broad SMARTS) is 1. The smallest absolute Gasteiger partial charge is 0.331 e. The number of esters is 1. The summed E-state index contributed by atoms with van der Waals surface area (Å²) in [5.74, 6) is -2.61.